The molecule has 2 unspecified atom stereocenters. The molecule has 2 heterocycles. The number of H-pyrrole nitrogens is 1. The molecule has 1 aromatic carbocycles. The topological polar surface area (TPSA) is 74.3 Å². The van der Waals surface area contributed by atoms with Gasteiger partial charge in [0.25, 0.3) is 0 Å². The Balaban J connectivity index is 2.06. The van der Waals surface area contributed by atoms with Gasteiger partial charge in [-0.3, -0.25) is 5.32 Å². The lowest BCUT2D eigenvalue weighted by molar-refractivity contribution is 0.0213. The highest BCUT2D eigenvalue weighted by Crippen LogP contribution is 2.37. The minimum Gasteiger partial charge on any atom is -0.450 e. The predicted octanol–water partition coefficient (Wildman–Crippen LogP) is 3.81. The summed E-state index contributed by atoms with van der Waals surface area (Å²) in [5, 5.41) is 13.5. The zero-order chi connectivity index (χ0) is 15.7. The zero-order valence-electron chi connectivity index (χ0n) is 12.9. The van der Waals surface area contributed by atoms with Crippen LogP contribution in [0.15, 0.2) is 24.3 Å². The Labute approximate surface area is 129 Å². The van der Waals surface area contributed by atoms with E-state index in [0.717, 1.165) is 23.7 Å². The van der Waals surface area contributed by atoms with Gasteiger partial charge in [0.1, 0.15) is 0 Å². The first-order valence-corrected chi connectivity index (χ1v) is 7.89. The summed E-state index contributed by atoms with van der Waals surface area (Å²) in [7, 11) is 0. The predicted molar refractivity (Wildman–Crippen MR) is 84.8 cm³/mol. The minimum absolute atomic E-state index is 0.0931. The molecule has 5 heteroatoms. The fourth-order valence-electron chi connectivity index (χ4n) is 3.56. The van der Waals surface area contributed by atoms with Crippen LogP contribution in [-0.4, -0.2) is 22.5 Å². The zero-order valence-corrected chi connectivity index (χ0v) is 12.9. The maximum atomic E-state index is 10.9. The van der Waals surface area contributed by atoms with E-state index >= 15 is 0 Å². The van der Waals surface area contributed by atoms with Crippen molar-refractivity contribution in [3.63, 3.8) is 0 Å². The van der Waals surface area contributed by atoms with Gasteiger partial charge in [0.2, 0.25) is 0 Å². The Hall–Kier alpha value is -2.01. The third kappa shape index (κ3) is 2.57. The summed E-state index contributed by atoms with van der Waals surface area (Å²) < 4.78 is 5.03. The molecule has 0 amide bonds. The molecule has 1 aromatic heterocycles. The molecule has 3 N–H and O–H groups in total. The van der Waals surface area contributed by atoms with Gasteiger partial charge in [-0.25, -0.2) is 4.79 Å². The van der Waals surface area contributed by atoms with Crippen molar-refractivity contribution in [3.05, 3.63) is 35.5 Å². The number of para-hydroxylation sites is 1. The SMILES string of the molecule is CCC(CC)C1NC(OC(=O)O)Cc2c1[nH]c1ccccc21. The van der Waals surface area contributed by atoms with Crippen LogP contribution in [-0.2, 0) is 11.2 Å². The second-order valence-corrected chi connectivity index (χ2v) is 5.86. The maximum absolute atomic E-state index is 10.9. The summed E-state index contributed by atoms with van der Waals surface area (Å²) in [6.45, 7) is 4.33. The number of ether oxygens (including phenoxy) is 1. The molecule has 2 aromatic rings. The van der Waals surface area contributed by atoms with Crippen molar-refractivity contribution in [2.45, 2.75) is 45.4 Å². The minimum atomic E-state index is -1.23. The van der Waals surface area contributed by atoms with Crippen molar-refractivity contribution >= 4 is 17.1 Å². The van der Waals surface area contributed by atoms with E-state index in [9.17, 15) is 4.79 Å². The summed E-state index contributed by atoms with van der Waals surface area (Å²) in [6.07, 6.45) is 0.896. The molecule has 0 bridgehead atoms. The normalized spacial score (nSPS) is 21.0. The van der Waals surface area contributed by atoms with E-state index in [0.29, 0.717) is 12.3 Å². The molecule has 1 aliphatic heterocycles. The number of aromatic nitrogens is 1. The number of hydrogen-bond donors (Lipinski definition) is 3. The number of rotatable bonds is 4. The molecular formula is C17H22N2O3. The molecule has 0 spiro atoms. The van der Waals surface area contributed by atoms with Crippen LogP contribution in [0.5, 0.6) is 0 Å². The molecule has 0 aliphatic carbocycles. The molecule has 1 aliphatic rings. The van der Waals surface area contributed by atoms with Gasteiger partial charge in [0.15, 0.2) is 6.23 Å². The molecule has 22 heavy (non-hydrogen) atoms. The lowest BCUT2D eigenvalue weighted by Gasteiger charge is -2.34. The van der Waals surface area contributed by atoms with Gasteiger partial charge in [-0.2, -0.15) is 0 Å². The number of carboxylic acid groups (broad SMARTS) is 1. The molecule has 0 saturated carbocycles. The number of fused-ring (bicyclic) bond motifs is 3. The summed E-state index contributed by atoms with van der Waals surface area (Å²) in [6, 6.07) is 8.25. The molecular weight excluding hydrogens is 280 g/mol. The lowest BCUT2D eigenvalue weighted by atomic mass is 9.86. The Bertz CT molecular complexity index is 676. The Morgan fingerprint density at radius 1 is 1.36 bits per heavy atom. The molecule has 0 saturated heterocycles. The van der Waals surface area contributed by atoms with E-state index in [-0.39, 0.29) is 6.04 Å². The van der Waals surface area contributed by atoms with Crippen LogP contribution in [0.25, 0.3) is 10.9 Å². The molecule has 118 valence electrons. The van der Waals surface area contributed by atoms with Crippen molar-refractivity contribution in [3.8, 4) is 0 Å². The smallest absolute Gasteiger partial charge is 0.450 e. The van der Waals surface area contributed by atoms with E-state index in [1.54, 1.807) is 0 Å². The highest BCUT2D eigenvalue weighted by molar-refractivity contribution is 5.85. The Morgan fingerprint density at radius 3 is 2.77 bits per heavy atom. The lowest BCUT2D eigenvalue weighted by Crippen LogP contribution is -2.44. The van der Waals surface area contributed by atoms with Gasteiger partial charge in [-0.05, 0) is 17.5 Å². The first-order valence-electron chi connectivity index (χ1n) is 7.89. The van der Waals surface area contributed by atoms with Crippen molar-refractivity contribution < 1.29 is 14.6 Å². The maximum Gasteiger partial charge on any atom is 0.507 e. The third-order valence-electron chi connectivity index (χ3n) is 4.68. The fourth-order valence-corrected chi connectivity index (χ4v) is 3.56. The highest BCUT2D eigenvalue weighted by Gasteiger charge is 2.34. The van der Waals surface area contributed by atoms with E-state index in [4.69, 9.17) is 9.84 Å². The van der Waals surface area contributed by atoms with Crippen LogP contribution in [0, 0.1) is 5.92 Å². The van der Waals surface area contributed by atoms with Crippen LogP contribution in [0.1, 0.15) is 44.0 Å². The second-order valence-electron chi connectivity index (χ2n) is 5.86. The van der Waals surface area contributed by atoms with Crippen LogP contribution in [0.4, 0.5) is 4.79 Å². The number of aromatic amines is 1. The number of carbonyl (C=O) groups is 1. The molecule has 0 fully saturated rings. The number of nitrogens with one attached hydrogen (secondary N) is 2. The molecule has 3 rings (SSSR count). The third-order valence-corrected chi connectivity index (χ3v) is 4.68. The van der Waals surface area contributed by atoms with E-state index in [1.807, 2.05) is 12.1 Å². The van der Waals surface area contributed by atoms with Crippen LogP contribution >= 0.6 is 0 Å². The monoisotopic (exact) mass is 302 g/mol. The summed E-state index contributed by atoms with van der Waals surface area (Å²) in [4.78, 5) is 14.5. The summed E-state index contributed by atoms with van der Waals surface area (Å²) in [5.74, 6) is 0.437. The Morgan fingerprint density at radius 2 is 2.09 bits per heavy atom. The van der Waals surface area contributed by atoms with Gasteiger partial charge in [-0.1, -0.05) is 44.9 Å². The second kappa shape index (κ2) is 6.01. The van der Waals surface area contributed by atoms with Gasteiger partial charge in [-0.15, -0.1) is 0 Å². The fraction of sp³-hybridized carbons (Fsp3) is 0.471. The van der Waals surface area contributed by atoms with E-state index < -0.39 is 12.4 Å². The molecule has 2 atom stereocenters. The van der Waals surface area contributed by atoms with Crippen molar-refractivity contribution in [1.82, 2.24) is 10.3 Å². The average Bonchev–Trinajstić information content (AvgIpc) is 2.87. The molecule has 0 radical (unpaired) electrons. The van der Waals surface area contributed by atoms with Crippen LogP contribution in [0.2, 0.25) is 0 Å². The standard InChI is InChI=1S/C17H22N2O3/c1-3-10(4-2)15-16-12(9-14(19-15)22-17(20)21)11-7-5-6-8-13(11)18-16/h5-8,10,14-15,18-19H,3-4,9H2,1-2H3,(H,20,21). The van der Waals surface area contributed by atoms with Gasteiger partial charge >= 0.3 is 6.16 Å². The van der Waals surface area contributed by atoms with Crippen molar-refractivity contribution in [2.75, 3.05) is 0 Å². The quantitative estimate of drug-likeness (QED) is 0.751. The highest BCUT2D eigenvalue weighted by atomic mass is 16.7. The van der Waals surface area contributed by atoms with Crippen molar-refractivity contribution in [1.29, 1.82) is 0 Å². The molecule has 5 nitrogen and oxygen atoms in total. The van der Waals surface area contributed by atoms with Crippen molar-refractivity contribution in [2.24, 2.45) is 5.92 Å². The number of hydrogen-bond acceptors (Lipinski definition) is 3. The van der Waals surface area contributed by atoms with E-state index in [1.165, 1.54) is 11.3 Å². The van der Waals surface area contributed by atoms with Crippen LogP contribution in [0.3, 0.4) is 0 Å². The number of benzene rings is 1. The van der Waals surface area contributed by atoms with E-state index in [2.05, 4.69) is 36.3 Å². The summed E-state index contributed by atoms with van der Waals surface area (Å²) in [5.41, 5.74) is 3.46. The van der Waals surface area contributed by atoms with Crippen LogP contribution < -0.4 is 5.32 Å². The largest absolute Gasteiger partial charge is 0.507 e. The van der Waals surface area contributed by atoms with Gasteiger partial charge in [0.05, 0.1) is 6.04 Å². The first-order chi connectivity index (χ1) is 10.6. The first kappa shape index (κ1) is 14.9. The van der Waals surface area contributed by atoms with Gasteiger partial charge < -0.3 is 14.8 Å². The van der Waals surface area contributed by atoms with Gasteiger partial charge in [0, 0.05) is 23.0 Å². The average molecular weight is 302 g/mol. The summed E-state index contributed by atoms with van der Waals surface area (Å²) >= 11 is 0. The Kier molecular flexibility index (Phi) is 4.07.